The molecule has 3 aromatic rings. The van der Waals surface area contributed by atoms with Crippen molar-refractivity contribution in [1.29, 1.82) is 0 Å². The lowest BCUT2D eigenvalue weighted by molar-refractivity contribution is -0.122. The van der Waals surface area contributed by atoms with Crippen LogP contribution in [0.25, 0.3) is 10.2 Å². The summed E-state index contributed by atoms with van der Waals surface area (Å²) in [6.07, 6.45) is -0.621. The first kappa shape index (κ1) is 21.7. The van der Waals surface area contributed by atoms with E-state index in [0.717, 1.165) is 54.4 Å². The van der Waals surface area contributed by atoms with Gasteiger partial charge in [-0.15, -0.1) is 0 Å². The molecule has 1 aliphatic rings. The van der Waals surface area contributed by atoms with E-state index < -0.39 is 6.10 Å². The number of rotatable bonds is 7. The van der Waals surface area contributed by atoms with E-state index in [0.29, 0.717) is 11.0 Å². The van der Waals surface area contributed by atoms with Crippen molar-refractivity contribution in [2.45, 2.75) is 39.3 Å². The molecular weight excluding hydrogens is 410 g/mol. The molecule has 164 valence electrons. The summed E-state index contributed by atoms with van der Waals surface area (Å²) in [7, 11) is 0. The van der Waals surface area contributed by atoms with Gasteiger partial charge in [-0.25, -0.2) is 4.98 Å². The third kappa shape index (κ3) is 5.42. The van der Waals surface area contributed by atoms with Gasteiger partial charge >= 0.3 is 0 Å². The number of aromatic nitrogens is 1. The Morgan fingerprint density at radius 2 is 1.97 bits per heavy atom. The van der Waals surface area contributed by atoms with Crippen LogP contribution in [0.15, 0.2) is 42.5 Å². The molecule has 1 atom stereocenters. The number of ether oxygens (including phenoxy) is 2. The predicted molar refractivity (Wildman–Crippen MR) is 125 cm³/mol. The van der Waals surface area contributed by atoms with Crippen LogP contribution < -0.4 is 10.1 Å². The Hall–Kier alpha value is -2.48. The summed E-state index contributed by atoms with van der Waals surface area (Å²) in [5, 5.41) is 3.51. The number of fused-ring (bicyclic) bond motifs is 1. The summed E-state index contributed by atoms with van der Waals surface area (Å²) in [6.45, 7) is 10.4. The second-order valence-electron chi connectivity index (χ2n) is 8.15. The van der Waals surface area contributed by atoms with Crippen LogP contribution in [-0.2, 0) is 16.1 Å². The monoisotopic (exact) mass is 439 g/mol. The van der Waals surface area contributed by atoms with Gasteiger partial charge in [0.15, 0.2) is 11.2 Å². The molecule has 7 heteroatoms. The lowest BCUT2D eigenvalue weighted by Gasteiger charge is -2.26. The fraction of sp³-hybridized carbons (Fsp3) is 0.417. The summed E-state index contributed by atoms with van der Waals surface area (Å²) >= 11 is 1.49. The third-order valence-electron chi connectivity index (χ3n) is 5.41. The molecule has 2 aromatic carbocycles. The van der Waals surface area contributed by atoms with E-state index in [1.54, 1.807) is 6.92 Å². The summed E-state index contributed by atoms with van der Waals surface area (Å²) in [5.41, 5.74) is 3.23. The molecule has 0 saturated carbocycles. The summed E-state index contributed by atoms with van der Waals surface area (Å²) in [5.74, 6) is 0.866. The molecule has 0 bridgehead atoms. The van der Waals surface area contributed by atoms with Crippen LogP contribution >= 0.6 is 11.3 Å². The highest BCUT2D eigenvalue weighted by Gasteiger charge is 2.19. The standard InChI is InChI=1S/C24H29N3O3S/c1-16(2)19-6-4-5-7-21(19)30-17(3)23(28)26-24-25-20-9-8-18(14-22(20)31-24)15-27-10-12-29-13-11-27/h4-9,14,16-17H,10-13,15H2,1-3H3,(H,25,26,28). The van der Waals surface area contributed by atoms with Crippen molar-refractivity contribution >= 4 is 32.6 Å². The number of benzene rings is 2. The van der Waals surface area contributed by atoms with Crippen molar-refractivity contribution in [2.75, 3.05) is 31.6 Å². The lowest BCUT2D eigenvalue weighted by atomic mass is 10.0. The maximum Gasteiger partial charge on any atom is 0.266 e. The maximum atomic E-state index is 12.7. The molecule has 4 rings (SSSR count). The molecule has 1 fully saturated rings. The Kier molecular flexibility index (Phi) is 6.85. The second kappa shape index (κ2) is 9.77. The summed E-state index contributed by atoms with van der Waals surface area (Å²) in [4.78, 5) is 19.7. The summed E-state index contributed by atoms with van der Waals surface area (Å²) in [6, 6.07) is 14.2. The fourth-order valence-corrected chi connectivity index (χ4v) is 4.59. The number of thiazole rings is 1. The average Bonchev–Trinajstić information content (AvgIpc) is 3.16. The zero-order valence-electron chi connectivity index (χ0n) is 18.3. The number of anilines is 1. The van der Waals surface area contributed by atoms with Gasteiger partial charge in [-0.05, 0) is 42.2 Å². The molecule has 0 radical (unpaired) electrons. The molecular formula is C24H29N3O3S. The van der Waals surface area contributed by atoms with Crippen LogP contribution in [0, 0.1) is 0 Å². The average molecular weight is 440 g/mol. The van der Waals surface area contributed by atoms with Crippen molar-refractivity contribution in [2.24, 2.45) is 0 Å². The van der Waals surface area contributed by atoms with E-state index in [4.69, 9.17) is 9.47 Å². The van der Waals surface area contributed by atoms with E-state index in [-0.39, 0.29) is 5.91 Å². The van der Waals surface area contributed by atoms with Crippen LogP contribution in [0.5, 0.6) is 5.75 Å². The topological polar surface area (TPSA) is 63.7 Å². The number of carbonyl (C=O) groups excluding carboxylic acids is 1. The Labute approximate surface area is 187 Å². The van der Waals surface area contributed by atoms with Gasteiger partial charge in [-0.3, -0.25) is 15.0 Å². The number of morpholine rings is 1. The SMILES string of the molecule is CC(Oc1ccccc1C(C)C)C(=O)Nc1nc2ccc(CN3CCOCC3)cc2s1. The highest BCUT2D eigenvalue weighted by Crippen LogP contribution is 2.29. The number of para-hydroxylation sites is 1. The number of hydrogen-bond donors (Lipinski definition) is 1. The van der Waals surface area contributed by atoms with Gasteiger partial charge in [0.1, 0.15) is 5.75 Å². The number of amides is 1. The minimum absolute atomic E-state index is 0.203. The Morgan fingerprint density at radius 1 is 1.19 bits per heavy atom. The molecule has 6 nitrogen and oxygen atoms in total. The molecule has 1 unspecified atom stereocenters. The first-order valence-electron chi connectivity index (χ1n) is 10.8. The van der Waals surface area contributed by atoms with Crippen molar-refractivity contribution in [3.63, 3.8) is 0 Å². The predicted octanol–water partition coefficient (Wildman–Crippen LogP) is 4.66. The number of nitrogens with one attached hydrogen (secondary N) is 1. The number of carbonyl (C=O) groups is 1. The van der Waals surface area contributed by atoms with Gasteiger partial charge in [0.2, 0.25) is 0 Å². The lowest BCUT2D eigenvalue weighted by Crippen LogP contribution is -2.35. The highest BCUT2D eigenvalue weighted by molar-refractivity contribution is 7.22. The molecule has 0 spiro atoms. The first-order chi connectivity index (χ1) is 15.0. The van der Waals surface area contributed by atoms with E-state index >= 15 is 0 Å². The molecule has 0 aliphatic carbocycles. The van der Waals surface area contributed by atoms with Crippen LogP contribution in [0.1, 0.15) is 37.8 Å². The van der Waals surface area contributed by atoms with Gasteiger partial charge in [0.05, 0.1) is 23.4 Å². The van der Waals surface area contributed by atoms with Crippen LogP contribution in [0.2, 0.25) is 0 Å². The smallest absolute Gasteiger partial charge is 0.266 e. The van der Waals surface area contributed by atoms with Gasteiger partial charge < -0.3 is 9.47 Å². The van der Waals surface area contributed by atoms with Crippen molar-refractivity contribution in [1.82, 2.24) is 9.88 Å². The largest absolute Gasteiger partial charge is 0.481 e. The van der Waals surface area contributed by atoms with Crippen LogP contribution in [0.4, 0.5) is 5.13 Å². The number of hydrogen-bond acceptors (Lipinski definition) is 6. The normalized spacial score (nSPS) is 15.9. The first-order valence-corrected chi connectivity index (χ1v) is 11.6. The molecule has 1 saturated heterocycles. The molecule has 1 aromatic heterocycles. The second-order valence-corrected chi connectivity index (χ2v) is 9.18. The molecule has 1 amide bonds. The van der Waals surface area contributed by atoms with Crippen molar-refractivity contribution in [3.8, 4) is 5.75 Å². The minimum atomic E-state index is -0.621. The van der Waals surface area contributed by atoms with Gasteiger partial charge in [-0.2, -0.15) is 0 Å². The number of nitrogens with zero attached hydrogens (tertiary/aromatic N) is 2. The van der Waals surface area contributed by atoms with Gasteiger partial charge in [-0.1, -0.05) is 49.4 Å². The highest BCUT2D eigenvalue weighted by atomic mass is 32.1. The van der Waals surface area contributed by atoms with E-state index in [9.17, 15) is 4.79 Å². The van der Waals surface area contributed by atoms with Crippen LogP contribution in [-0.4, -0.2) is 48.2 Å². The minimum Gasteiger partial charge on any atom is -0.481 e. The van der Waals surface area contributed by atoms with Crippen molar-refractivity contribution in [3.05, 3.63) is 53.6 Å². The Morgan fingerprint density at radius 3 is 2.74 bits per heavy atom. The summed E-state index contributed by atoms with van der Waals surface area (Å²) < 4.78 is 12.5. The zero-order chi connectivity index (χ0) is 21.8. The quantitative estimate of drug-likeness (QED) is 0.580. The fourth-order valence-electron chi connectivity index (χ4n) is 3.65. The molecule has 2 heterocycles. The molecule has 1 N–H and O–H groups in total. The molecule has 1 aliphatic heterocycles. The Bertz CT molecular complexity index is 1040. The molecule has 31 heavy (non-hydrogen) atoms. The van der Waals surface area contributed by atoms with E-state index in [1.807, 2.05) is 30.3 Å². The third-order valence-corrected chi connectivity index (χ3v) is 6.34. The van der Waals surface area contributed by atoms with E-state index in [1.165, 1.54) is 16.9 Å². The van der Waals surface area contributed by atoms with Crippen LogP contribution in [0.3, 0.4) is 0 Å². The van der Waals surface area contributed by atoms with Crippen molar-refractivity contribution < 1.29 is 14.3 Å². The van der Waals surface area contributed by atoms with Gasteiger partial charge in [0.25, 0.3) is 5.91 Å². The Balaban J connectivity index is 1.41. The zero-order valence-corrected chi connectivity index (χ0v) is 19.1. The maximum absolute atomic E-state index is 12.7. The van der Waals surface area contributed by atoms with E-state index in [2.05, 4.69) is 41.2 Å². The van der Waals surface area contributed by atoms with Gasteiger partial charge in [0, 0.05) is 19.6 Å².